The van der Waals surface area contributed by atoms with Gasteiger partial charge in [0.1, 0.15) is 0 Å². The molecule has 0 amide bonds. The third-order valence-electron chi connectivity index (χ3n) is 2.59. The Labute approximate surface area is 84.7 Å². The molecule has 0 saturated heterocycles. The highest BCUT2D eigenvalue weighted by Crippen LogP contribution is 2.35. The largest absolute Gasteiger partial charge is 0.126 e. The average Bonchev–Trinajstić information content (AvgIpc) is 2.17. The lowest BCUT2D eigenvalue weighted by Gasteiger charge is -2.20. The molecule has 1 aliphatic heterocycles. The monoisotopic (exact) mass is 192 g/mol. The van der Waals surface area contributed by atoms with Crippen LogP contribution in [0.5, 0.6) is 0 Å². The third-order valence-corrected chi connectivity index (χ3v) is 3.87. The smallest absolute Gasteiger partial charge is 0.0139 e. The fraction of sp³-hybridized carbons (Fsp3) is 0.500. The number of rotatable bonds is 1. The highest BCUT2D eigenvalue weighted by molar-refractivity contribution is 7.99. The van der Waals surface area contributed by atoms with Gasteiger partial charge in [-0.15, -0.1) is 11.8 Å². The summed E-state index contributed by atoms with van der Waals surface area (Å²) >= 11 is 2.04. The van der Waals surface area contributed by atoms with Gasteiger partial charge in [-0.1, -0.05) is 32.0 Å². The van der Waals surface area contributed by atoms with Gasteiger partial charge in [0.05, 0.1) is 0 Å². The third kappa shape index (κ3) is 1.76. The van der Waals surface area contributed by atoms with Gasteiger partial charge in [-0.3, -0.25) is 0 Å². The molecule has 0 saturated carbocycles. The second-order valence-corrected chi connectivity index (χ2v) is 5.05. The highest BCUT2D eigenvalue weighted by atomic mass is 32.2. The van der Waals surface area contributed by atoms with Crippen LogP contribution in [-0.2, 0) is 6.42 Å². The quantitative estimate of drug-likeness (QED) is 0.651. The molecule has 0 aromatic heterocycles. The van der Waals surface area contributed by atoms with Crippen LogP contribution < -0.4 is 0 Å². The van der Waals surface area contributed by atoms with Crippen molar-refractivity contribution in [2.24, 2.45) is 0 Å². The van der Waals surface area contributed by atoms with Gasteiger partial charge in [-0.05, 0) is 35.6 Å². The summed E-state index contributed by atoms with van der Waals surface area (Å²) in [7, 11) is 0. The number of aryl methyl sites for hydroxylation is 1. The zero-order valence-electron chi connectivity index (χ0n) is 8.34. The highest BCUT2D eigenvalue weighted by Gasteiger charge is 2.14. The molecular formula is C12H16S. The number of thioether (sulfide) groups is 1. The van der Waals surface area contributed by atoms with Crippen molar-refractivity contribution in [2.75, 3.05) is 5.75 Å². The minimum atomic E-state index is 0.667. The van der Waals surface area contributed by atoms with E-state index >= 15 is 0 Å². The van der Waals surface area contributed by atoms with Crippen molar-refractivity contribution in [2.45, 2.75) is 37.5 Å². The summed E-state index contributed by atoms with van der Waals surface area (Å²) in [5, 5.41) is 0. The first-order valence-corrected chi connectivity index (χ1v) is 6.02. The van der Waals surface area contributed by atoms with Gasteiger partial charge in [0.25, 0.3) is 0 Å². The summed E-state index contributed by atoms with van der Waals surface area (Å²) in [6, 6.07) is 6.77. The molecule has 0 unspecified atom stereocenters. The Bertz CT molecular complexity index is 302. The fourth-order valence-corrected chi connectivity index (χ4v) is 3.19. The molecule has 0 nitrogen and oxygen atoms in total. The van der Waals surface area contributed by atoms with Crippen LogP contribution in [0.15, 0.2) is 23.1 Å². The molecule has 1 aromatic carbocycles. The van der Waals surface area contributed by atoms with Gasteiger partial charge in [0.15, 0.2) is 0 Å². The van der Waals surface area contributed by atoms with Crippen molar-refractivity contribution in [1.29, 1.82) is 0 Å². The van der Waals surface area contributed by atoms with Gasteiger partial charge in [0.2, 0.25) is 0 Å². The van der Waals surface area contributed by atoms with E-state index in [1.165, 1.54) is 18.6 Å². The molecule has 0 aliphatic carbocycles. The molecule has 1 aromatic rings. The van der Waals surface area contributed by atoms with E-state index in [1.54, 1.807) is 16.0 Å². The van der Waals surface area contributed by atoms with Crippen molar-refractivity contribution in [1.82, 2.24) is 0 Å². The van der Waals surface area contributed by atoms with E-state index in [-0.39, 0.29) is 0 Å². The van der Waals surface area contributed by atoms with Crippen LogP contribution in [-0.4, -0.2) is 5.75 Å². The zero-order valence-corrected chi connectivity index (χ0v) is 9.16. The Morgan fingerprint density at radius 1 is 1.31 bits per heavy atom. The molecule has 1 heterocycles. The van der Waals surface area contributed by atoms with Crippen LogP contribution in [0.4, 0.5) is 0 Å². The lowest BCUT2D eigenvalue weighted by atomic mass is 9.98. The van der Waals surface area contributed by atoms with E-state index in [9.17, 15) is 0 Å². The molecule has 1 heteroatoms. The summed E-state index contributed by atoms with van der Waals surface area (Å²) in [6.07, 6.45) is 2.63. The molecule has 70 valence electrons. The molecule has 1 aliphatic rings. The number of fused-ring (bicyclic) bond motifs is 1. The van der Waals surface area contributed by atoms with Crippen LogP contribution in [0, 0.1) is 0 Å². The normalized spacial score (nSPS) is 15.9. The maximum absolute atomic E-state index is 2.29. The Morgan fingerprint density at radius 2 is 2.15 bits per heavy atom. The Kier molecular flexibility index (Phi) is 2.63. The molecule has 0 N–H and O–H groups in total. The Balaban J connectivity index is 2.46. The van der Waals surface area contributed by atoms with Gasteiger partial charge in [-0.25, -0.2) is 0 Å². The van der Waals surface area contributed by atoms with Crippen LogP contribution in [0.1, 0.15) is 37.3 Å². The van der Waals surface area contributed by atoms with E-state index in [1.807, 2.05) is 11.8 Å². The van der Waals surface area contributed by atoms with Crippen molar-refractivity contribution < 1.29 is 0 Å². The van der Waals surface area contributed by atoms with Crippen molar-refractivity contribution in [3.8, 4) is 0 Å². The van der Waals surface area contributed by atoms with Crippen LogP contribution in [0.25, 0.3) is 0 Å². The molecule has 0 spiro atoms. The van der Waals surface area contributed by atoms with Crippen LogP contribution in [0.3, 0.4) is 0 Å². The summed E-state index contributed by atoms with van der Waals surface area (Å²) in [5.41, 5.74) is 3.12. The van der Waals surface area contributed by atoms with Gasteiger partial charge < -0.3 is 0 Å². The first kappa shape index (κ1) is 9.14. The SMILES string of the molecule is CC(C)c1cccc2c1SCCC2. The molecular weight excluding hydrogens is 176 g/mol. The molecule has 0 radical (unpaired) electrons. The van der Waals surface area contributed by atoms with Crippen molar-refractivity contribution in [3.05, 3.63) is 29.3 Å². The summed E-state index contributed by atoms with van der Waals surface area (Å²) in [4.78, 5) is 1.57. The lowest BCUT2D eigenvalue weighted by Crippen LogP contribution is -2.02. The van der Waals surface area contributed by atoms with E-state index < -0.39 is 0 Å². The minimum Gasteiger partial charge on any atom is -0.126 e. The fourth-order valence-electron chi connectivity index (χ4n) is 1.87. The van der Waals surface area contributed by atoms with E-state index in [0.29, 0.717) is 5.92 Å². The Morgan fingerprint density at radius 3 is 2.92 bits per heavy atom. The molecule has 0 bridgehead atoms. The molecule has 2 rings (SSSR count). The second-order valence-electron chi connectivity index (χ2n) is 3.94. The predicted octanol–water partition coefficient (Wildman–Crippen LogP) is 3.85. The Hall–Kier alpha value is -0.430. The molecule has 0 fully saturated rings. The minimum absolute atomic E-state index is 0.667. The van der Waals surface area contributed by atoms with Gasteiger partial charge in [-0.2, -0.15) is 0 Å². The van der Waals surface area contributed by atoms with E-state index in [2.05, 4.69) is 32.0 Å². The van der Waals surface area contributed by atoms with Crippen LogP contribution >= 0.6 is 11.8 Å². The maximum Gasteiger partial charge on any atom is 0.0139 e. The van der Waals surface area contributed by atoms with Crippen LogP contribution in [0.2, 0.25) is 0 Å². The number of hydrogen-bond donors (Lipinski definition) is 0. The predicted molar refractivity (Wildman–Crippen MR) is 59.6 cm³/mol. The number of hydrogen-bond acceptors (Lipinski definition) is 1. The van der Waals surface area contributed by atoms with E-state index in [0.717, 1.165) is 0 Å². The first-order chi connectivity index (χ1) is 6.29. The van der Waals surface area contributed by atoms with Crippen molar-refractivity contribution in [3.63, 3.8) is 0 Å². The summed E-state index contributed by atoms with van der Waals surface area (Å²) < 4.78 is 0. The maximum atomic E-state index is 2.29. The standard InChI is InChI=1S/C12H16S/c1-9(2)11-7-3-5-10-6-4-8-13-12(10)11/h3,5,7,9H,4,6,8H2,1-2H3. The summed E-state index contributed by atoms with van der Waals surface area (Å²) in [6.45, 7) is 4.57. The first-order valence-electron chi connectivity index (χ1n) is 5.03. The van der Waals surface area contributed by atoms with Gasteiger partial charge in [0, 0.05) is 4.90 Å². The molecule has 13 heavy (non-hydrogen) atoms. The average molecular weight is 192 g/mol. The number of benzene rings is 1. The van der Waals surface area contributed by atoms with Crippen molar-refractivity contribution >= 4 is 11.8 Å². The lowest BCUT2D eigenvalue weighted by molar-refractivity contribution is 0.809. The zero-order chi connectivity index (χ0) is 9.26. The summed E-state index contributed by atoms with van der Waals surface area (Å²) in [5.74, 6) is 1.97. The molecule has 0 atom stereocenters. The van der Waals surface area contributed by atoms with E-state index in [4.69, 9.17) is 0 Å². The second kappa shape index (κ2) is 3.75. The van der Waals surface area contributed by atoms with Gasteiger partial charge >= 0.3 is 0 Å². The topological polar surface area (TPSA) is 0 Å².